The summed E-state index contributed by atoms with van der Waals surface area (Å²) in [6.45, 7) is 2.85. The van der Waals surface area contributed by atoms with Crippen molar-refractivity contribution in [3.63, 3.8) is 0 Å². The second-order valence-electron chi connectivity index (χ2n) is 2.73. The molecule has 100 valence electrons. The fraction of sp³-hybridized carbons (Fsp3) is 0. The zero-order chi connectivity index (χ0) is 14.1. The molecule has 0 aliphatic heterocycles. The van der Waals surface area contributed by atoms with Gasteiger partial charge in [-0.15, -0.1) is 0 Å². The normalized spacial score (nSPS) is 13.9. The van der Waals surface area contributed by atoms with Gasteiger partial charge in [-0.25, -0.2) is 17.7 Å². The number of rotatable bonds is 4. The van der Waals surface area contributed by atoms with Gasteiger partial charge in [0.1, 0.15) is 0 Å². The summed E-state index contributed by atoms with van der Waals surface area (Å²) in [5, 5.41) is 0. The first-order chi connectivity index (χ1) is 8.21. The maximum absolute atomic E-state index is 13.0. The molecule has 1 atom stereocenters. The number of phosphoric acid groups is 1. The van der Waals surface area contributed by atoms with Crippen LogP contribution < -0.4 is 4.52 Å². The van der Waals surface area contributed by atoms with Gasteiger partial charge in [0, 0.05) is 0 Å². The van der Waals surface area contributed by atoms with Gasteiger partial charge in [-0.05, 0) is 0 Å². The maximum atomic E-state index is 13.0. The molecule has 1 N–H and O–H groups in total. The summed E-state index contributed by atoms with van der Waals surface area (Å²) in [5.74, 6) is -13.8. The van der Waals surface area contributed by atoms with Crippen LogP contribution in [0.15, 0.2) is 12.8 Å². The van der Waals surface area contributed by atoms with Gasteiger partial charge < -0.3 is 9.05 Å². The summed E-state index contributed by atoms with van der Waals surface area (Å²) in [5.41, 5.74) is 0. The van der Waals surface area contributed by atoms with Gasteiger partial charge >= 0.3 is 7.82 Å². The van der Waals surface area contributed by atoms with E-state index in [0.29, 0.717) is 6.26 Å². The van der Waals surface area contributed by atoms with E-state index in [1.54, 1.807) is 0 Å². The Morgan fingerprint density at radius 1 is 1.00 bits per heavy atom. The van der Waals surface area contributed by atoms with Crippen LogP contribution in [0, 0.1) is 29.1 Å². The molecule has 1 unspecified atom stereocenters. The van der Waals surface area contributed by atoms with Crippen LogP contribution in [0.2, 0.25) is 0 Å². The monoisotopic (exact) mass is 290 g/mol. The van der Waals surface area contributed by atoms with E-state index in [9.17, 15) is 26.5 Å². The largest absolute Gasteiger partial charge is 0.584 e. The lowest BCUT2D eigenvalue weighted by Crippen LogP contribution is -2.06. The molecule has 0 amide bonds. The van der Waals surface area contributed by atoms with Crippen molar-refractivity contribution in [3.8, 4) is 5.75 Å². The first-order valence-electron chi connectivity index (χ1n) is 4.04. The Morgan fingerprint density at radius 3 is 1.78 bits per heavy atom. The average molecular weight is 290 g/mol. The molecule has 0 bridgehead atoms. The third-order valence-corrected chi connectivity index (χ3v) is 2.41. The number of halogens is 5. The molecule has 1 aromatic rings. The Bertz CT molecular complexity index is 518. The Hall–Kier alpha value is -1.60. The van der Waals surface area contributed by atoms with Crippen molar-refractivity contribution in [1.82, 2.24) is 0 Å². The summed E-state index contributed by atoms with van der Waals surface area (Å²) >= 11 is 0. The van der Waals surface area contributed by atoms with Crippen molar-refractivity contribution >= 4 is 7.82 Å². The highest BCUT2D eigenvalue weighted by molar-refractivity contribution is 7.47. The van der Waals surface area contributed by atoms with Crippen LogP contribution in [0.3, 0.4) is 0 Å². The van der Waals surface area contributed by atoms with Gasteiger partial charge in [-0.3, -0.25) is 4.89 Å². The molecule has 18 heavy (non-hydrogen) atoms. The fourth-order valence-electron chi connectivity index (χ4n) is 0.896. The molecule has 0 fully saturated rings. The predicted octanol–water partition coefficient (Wildman–Crippen LogP) is 3.02. The van der Waals surface area contributed by atoms with Crippen LogP contribution in [0.4, 0.5) is 22.0 Å². The summed E-state index contributed by atoms with van der Waals surface area (Å²) < 4.78 is 82.6. The zero-order valence-electron chi connectivity index (χ0n) is 8.29. The fourth-order valence-corrected chi connectivity index (χ4v) is 1.52. The molecule has 0 saturated carbocycles. The number of benzene rings is 1. The highest BCUT2D eigenvalue weighted by Crippen LogP contribution is 2.46. The van der Waals surface area contributed by atoms with Crippen molar-refractivity contribution in [3.05, 3.63) is 41.9 Å². The minimum atomic E-state index is -5.08. The van der Waals surface area contributed by atoms with Crippen LogP contribution in [0.5, 0.6) is 5.75 Å². The molecular formula is C8H4F5O4P. The molecule has 0 aliphatic carbocycles. The Labute approximate surface area is 96.9 Å². The van der Waals surface area contributed by atoms with Crippen molar-refractivity contribution < 1.29 is 40.5 Å². The first kappa shape index (κ1) is 14.5. The van der Waals surface area contributed by atoms with Crippen LogP contribution in [0.1, 0.15) is 0 Å². The van der Waals surface area contributed by atoms with Crippen LogP contribution in [-0.4, -0.2) is 4.89 Å². The van der Waals surface area contributed by atoms with Gasteiger partial charge in [0.2, 0.25) is 34.8 Å². The first-order valence-corrected chi connectivity index (χ1v) is 5.54. The molecule has 1 aromatic carbocycles. The van der Waals surface area contributed by atoms with E-state index in [2.05, 4.69) is 15.6 Å². The van der Waals surface area contributed by atoms with Gasteiger partial charge in [0.15, 0.2) is 0 Å². The molecule has 0 heterocycles. The van der Waals surface area contributed by atoms with E-state index in [1.165, 1.54) is 0 Å². The zero-order valence-corrected chi connectivity index (χ0v) is 9.19. The Kier molecular flexibility index (Phi) is 3.98. The Morgan fingerprint density at radius 2 is 1.39 bits per heavy atom. The molecule has 0 radical (unpaired) electrons. The molecular weight excluding hydrogens is 286 g/mol. The van der Waals surface area contributed by atoms with Gasteiger partial charge in [0.05, 0.1) is 6.26 Å². The van der Waals surface area contributed by atoms with Gasteiger partial charge in [0.25, 0.3) is 0 Å². The lowest BCUT2D eigenvalue weighted by molar-refractivity contribution is 0.250. The van der Waals surface area contributed by atoms with Crippen molar-refractivity contribution in [2.45, 2.75) is 0 Å². The quantitative estimate of drug-likeness (QED) is 0.304. The summed E-state index contributed by atoms with van der Waals surface area (Å²) in [6, 6.07) is 0. The highest BCUT2D eigenvalue weighted by atomic mass is 31.2. The second kappa shape index (κ2) is 4.95. The molecule has 0 aromatic heterocycles. The van der Waals surface area contributed by atoms with Crippen LogP contribution in [-0.2, 0) is 9.09 Å². The molecule has 0 spiro atoms. The summed E-state index contributed by atoms with van der Waals surface area (Å²) in [7, 11) is -5.08. The lowest BCUT2D eigenvalue weighted by atomic mass is 10.3. The van der Waals surface area contributed by atoms with E-state index < -0.39 is 42.7 Å². The molecule has 0 saturated heterocycles. The SMILES string of the molecule is C=COP(=O)(O)Oc1c(F)c(F)c(F)c(F)c1F. The molecule has 1 rings (SSSR count). The third-order valence-electron chi connectivity index (χ3n) is 1.58. The van der Waals surface area contributed by atoms with Gasteiger partial charge in [-0.1, -0.05) is 6.58 Å². The smallest absolute Gasteiger partial charge is 0.404 e. The number of phosphoric ester groups is 1. The van der Waals surface area contributed by atoms with E-state index in [0.717, 1.165) is 0 Å². The molecule has 10 heteroatoms. The molecule has 0 aliphatic rings. The summed E-state index contributed by atoms with van der Waals surface area (Å²) in [6.07, 6.45) is 0.396. The van der Waals surface area contributed by atoms with Crippen LogP contribution in [0.25, 0.3) is 0 Å². The number of hydrogen-bond donors (Lipinski definition) is 1. The second-order valence-corrected chi connectivity index (χ2v) is 4.06. The topological polar surface area (TPSA) is 55.8 Å². The predicted molar refractivity (Wildman–Crippen MR) is 48.0 cm³/mol. The van der Waals surface area contributed by atoms with Crippen molar-refractivity contribution in [2.24, 2.45) is 0 Å². The van der Waals surface area contributed by atoms with Crippen molar-refractivity contribution in [1.29, 1.82) is 0 Å². The third kappa shape index (κ3) is 2.62. The van der Waals surface area contributed by atoms with E-state index in [4.69, 9.17) is 4.89 Å². The minimum Gasteiger partial charge on any atom is -0.404 e. The maximum Gasteiger partial charge on any atom is 0.584 e. The van der Waals surface area contributed by atoms with Gasteiger partial charge in [-0.2, -0.15) is 8.78 Å². The minimum absolute atomic E-state index is 0.396. The van der Waals surface area contributed by atoms with E-state index >= 15 is 0 Å². The Balaban J connectivity index is 3.34. The summed E-state index contributed by atoms with van der Waals surface area (Å²) in [4.78, 5) is 8.84. The van der Waals surface area contributed by atoms with Crippen LogP contribution >= 0.6 is 7.82 Å². The molecule has 4 nitrogen and oxygen atoms in total. The van der Waals surface area contributed by atoms with Crippen molar-refractivity contribution in [2.75, 3.05) is 0 Å². The van der Waals surface area contributed by atoms with E-state index in [-0.39, 0.29) is 0 Å². The highest BCUT2D eigenvalue weighted by Gasteiger charge is 2.33. The average Bonchev–Trinajstić information content (AvgIpc) is 2.30. The standard InChI is InChI=1S/C8H4F5O4P/c1-2-16-18(14,15)17-8-6(12)4(10)3(9)5(11)7(8)13/h2H,1H2,(H,14,15). The lowest BCUT2D eigenvalue weighted by Gasteiger charge is -2.13. The van der Waals surface area contributed by atoms with E-state index in [1.807, 2.05) is 0 Å². The number of hydrogen-bond acceptors (Lipinski definition) is 3.